The van der Waals surface area contributed by atoms with Crippen molar-refractivity contribution in [2.24, 2.45) is 0 Å². The highest BCUT2D eigenvalue weighted by Crippen LogP contribution is 2.31. The Hall–Kier alpha value is -2.63. The zero-order valence-corrected chi connectivity index (χ0v) is 17.7. The monoisotopic (exact) mass is 420 g/mol. The molecule has 1 aromatic heterocycles. The van der Waals surface area contributed by atoms with Crippen LogP contribution in [-0.2, 0) is 13.0 Å². The van der Waals surface area contributed by atoms with Gasteiger partial charge in [-0.25, -0.2) is 0 Å². The van der Waals surface area contributed by atoms with E-state index >= 15 is 0 Å². The van der Waals surface area contributed by atoms with Crippen molar-refractivity contribution in [2.75, 3.05) is 26.2 Å². The maximum atomic E-state index is 6.01. The zero-order valence-electron chi connectivity index (χ0n) is 16.9. The predicted octanol–water partition coefficient (Wildman–Crippen LogP) is 4.71. The maximum absolute atomic E-state index is 6.01. The first-order chi connectivity index (χ1) is 14.8. The summed E-state index contributed by atoms with van der Waals surface area (Å²) in [5.41, 5.74) is 3.74. The summed E-state index contributed by atoms with van der Waals surface area (Å²) in [6.45, 7) is 4.60. The van der Waals surface area contributed by atoms with Gasteiger partial charge < -0.3 is 9.30 Å². The van der Waals surface area contributed by atoms with Gasteiger partial charge in [-0.3, -0.25) is 4.90 Å². The SMILES string of the molecule is Clc1ccc(C2=CCN(CCCc3nnc4n3CCOc3ccccc3-4)CC2)cc1. The second-order valence-corrected chi connectivity index (χ2v) is 8.26. The number of halogens is 1. The van der Waals surface area contributed by atoms with Gasteiger partial charge in [-0.15, -0.1) is 10.2 Å². The molecule has 0 atom stereocenters. The molecule has 0 unspecified atom stereocenters. The fourth-order valence-corrected chi connectivity index (χ4v) is 4.41. The average Bonchev–Trinajstić information content (AvgIpc) is 3.08. The number of benzene rings is 2. The number of hydrogen-bond donors (Lipinski definition) is 0. The molecular formula is C24H25ClN4O. The molecule has 3 heterocycles. The van der Waals surface area contributed by atoms with Crippen molar-refractivity contribution < 1.29 is 4.74 Å². The molecule has 5 rings (SSSR count). The summed E-state index contributed by atoms with van der Waals surface area (Å²) >= 11 is 6.01. The van der Waals surface area contributed by atoms with Gasteiger partial charge in [0.25, 0.3) is 0 Å². The Bertz CT molecular complexity index is 1060. The molecule has 0 spiro atoms. The third-order valence-electron chi connectivity index (χ3n) is 5.91. The third kappa shape index (κ3) is 4.00. The Kier molecular flexibility index (Phi) is 5.56. The van der Waals surface area contributed by atoms with Crippen LogP contribution in [0.1, 0.15) is 24.2 Å². The number of hydrogen-bond acceptors (Lipinski definition) is 4. The Morgan fingerprint density at radius 3 is 2.70 bits per heavy atom. The summed E-state index contributed by atoms with van der Waals surface area (Å²) in [4.78, 5) is 2.51. The Morgan fingerprint density at radius 1 is 1.00 bits per heavy atom. The van der Waals surface area contributed by atoms with Crippen LogP contribution in [0.3, 0.4) is 0 Å². The highest BCUT2D eigenvalue weighted by molar-refractivity contribution is 6.30. The van der Waals surface area contributed by atoms with Gasteiger partial charge in [-0.1, -0.05) is 41.9 Å². The highest BCUT2D eigenvalue weighted by Gasteiger charge is 2.20. The molecule has 2 aliphatic heterocycles. The van der Waals surface area contributed by atoms with E-state index in [-0.39, 0.29) is 0 Å². The normalized spacial score (nSPS) is 16.2. The van der Waals surface area contributed by atoms with E-state index in [1.807, 2.05) is 30.3 Å². The molecular weight excluding hydrogens is 396 g/mol. The Morgan fingerprint density at radius 2 is 1.87 bits per heavy atom. The minimum Gasteiger partial charge on any atom is -0.491 e. The van der Waals surface area contributed by atoms with E-state index in [2.05, 4.69) is 43.9 Å². The summed E-state index contributed by atoms with van der Waals surface area (Å²) in [5, 5.41) is 9.76. The first kappa shape index (κ1) is 19.3. The number of fused-ring (bicyclic) bond motifs is 3. The summed E-state index contributed by atoms with van der Waals surface area (Å²) in [6.07, 6.45) is 5.43. The zero-order chi connectivity index (χ0) is 20.3. The summed E-state index contributed by atoms with van der Waals surface area (Å²) in [7, 11) is 0. The van der Waals surface area contributed by atoms with Crippen molar-refractivity contribution in [1.29, 1.82) is 0 Å². The quantitative estimate of drug-likeness (QED) is 0.599. The lowest BCUT2D eigenvalue weighted by Crippen LogP contribution is -2.30. The van der Waals surface area contributed by atoms with E-state index in [0.717, 1.165) is 73.4 Å². The van der Waals surface area contributed by atoms with Crippen LogP contribution in [0.15, 0.2) is 54.6 Å². The topological polar surface area (TPSA) is 43.2 Å². The molecule has 3 aromatic rings. The molecule has 0 bridgehead atoms. The third-order valence-corrected chi connectivity index (χ3v) is 6.16. The van der Waals surface area contributed by atoms with Crippen LogP contribution in [0.4, 0.5) is 0 Å². The molecule has 0 amide bonds. The van der Waals surface area contributed by atoms with Gasteiger partial charge in [-0.2, -0.15) is 0 Å². The first-order valence-electron chi connectivity index (χ1n) is 10.6. The van der Waals surface area contributed by atoms with Gasteiger partial charge in [0.15, 0.2) is 5.82 Å². The van der Waals surface area contributed by atoms with Crippen molar-refractivity contribution in [3.05, 3.63) is 71.0 Å². The fraction of sp³-hybridized carbons (Fsp3) is 0.333. The Balaban J connectivity index is 1.19. The van der Waals surface area contributed by atoms with Crippen LogP contribution in [0, 0.1) is 0 Å². The molecule has 0 saturated carbocycles. The molecule has 6 heteroatoms. The second kappa shape index (κ2) is 8.62. The molecule has 2 aliphatic rings. The fourth-order valence-electron chi connectivity index (χ4n) is 4.28. The van der Waals surface area contributed by atoms with Crippen molar-refractivity contribution in [3.63, 3.8) is 0 Å². The lowest BCUT2D eigenvalue weighted by atomic mass is 9.99. The number of nitrogens with zero attached hydrogens (tertiary/aromatic N) is 4. The molecule has 2 aromatic carbocycles. The van der Waals surface area contributed by atoms with Crippen LogP contribution in [0.5, 0.6) is 5.75 Å². The minimum atomic E-state index is 0.652. The van der Waals surface area contributed by atoms with Crippen LogP contribution in [0.2, 0.25) is 5.02 Å². The predicted molar refractivity (Wildman–Crippen MR) is 120 cm³/mol. The molecule has 0 saturated heterocycles. The van der Waals surface area contributed by atoms with Crippen molar-refractivity contribution >= 4 is 17.2 Å². The van der Waals surface area contributed by atoms with Crippen LogP contribution >= 0.6 is 11.6 Å². The minimum absolute atomic E-state index is 0.652. The van der Waals surface area contributed by atoms with E-state index in [0.29, 0.717) is 6.61 Å². The van der Waals surface area contributed by atoms with Gasteiger partial charge in [-0.05, 0) is 54.8 Å². The van der Waals surface area contributed by atoms with E-state index in [4.69, 9.17) is 16.3 Å². The van der Waals surface area contributed by atoms with Gasteiger partial charge in [0.1, 0.15) is 18.2 Å². The molecule has 0 fully saturated rings. The molecule has 30 heavy (non-hydrogen) atoms. The van der Waals surface area contributed by atoms with Crippen molar-refractivity contribution in [2.45, 2.75) is 25.8 Å². The van der Waals surface area contributed by atoms with Crippen LogP contribution < -0.4 is 4.74 Å². The molecule has 154 valence electrons. The average molecular weight is 421 g/mol. The van der Waals surface area contributed by atoms with E-state index in [1.165, 1.54) is 11.1 Å². The largest absolute Gasteiger partial charge is 0.491 e. The molecule has 0 aliphatic carbocycles. The summed E-state index contributed by atoms with van der Waals surface area (Å²) < 4.78 is 8.11. The van der Waals surface area contributed by atoms with Gasteiger partial charge in [0.05, 0.1) is 12.1 Å². The highest BCUT2D eigenvalue weighted by atomic mass is 35.5. The van der Waals surface area contributed by atoms with Crippen molar-refractivity contribution in [3.8, 4) is 17.1 Å². The number of aromatic nitrogens is 3. The lowest BCUT2D eigenvalue weighted by molar-refractivity contribution is 0.293. The standard InChI is InChI=1S/C24H25ClN4O/c25-20-9-7-18(8-10-20)19-11-14-28(15-12-19)13-3-6-23-26-27-24-21-4-1-2-5-22(21)30-17-16-29(23)24/h1-2,4-5,7-11H,3,6,12-17H2. The van der Waals surface area contributed by atoms with Crippen LogP contribution in [0.25, 0.3) is 17.0 Å². The van der Waals surface area contributed by atoms with Crippen molar-refractivity contribution in [1.82, 2.24) is 19.7 Å². The number of para-hydroxylation sites is 1. The van der Waals surface area contributed by atoms with Gasteiger partial charge >= 0.3 is 0 Å². The summed E-state index contributed by atoms with van der Waals surface area (Å²) in [5.74, 6) is 2.87. The number of rotatable bonds is 5. The lowest BCUT2D eigenvalue weighted by Gasteiger charge is -2.26. The number of aryl methyl sites for hydroxylation is 1. The molecule has 0 N–H and O–H groups in total. The van der Waals surface area contributed by atoms with E-state index in [9.17, 15) is 0 Å². The van der Waals surface area contributed by atoms with Crippen LogP contribution in [-0.4, -0.2) is 45.9 Å². The molecule has 5 nitrogen and oxygen atoms in total. The Labute approximate surface area is 181 Å². The molecule has 0 radical (unpaired) electrons. The summed E-state index contributed by atoms with van der Waals surface area (Å²) in [6, 6.07) is 16.2. The van der Waals surface area contributed by atoms with Gasteiger partial charge in [0.2, 0.25) is 0 Å². The maximum Gasteiger partial charge on any atom is 0.167 e. The number of ether oxygens (including phenoxy) is 1. The first-order valence-corrected chi connectivity index (χ1v) is 11.0. The van der Waals surface area contributed by atoms with Gasteiger partial charge in [0, 0.05) is 24.5 Å². The second-order valence-electron chi connectivity index (χ2n) is 7.83. The smallest absolute Gasteiger partial charge is 0.167 e. The van der Waals surface area contributed by atoms with E-state index in [1.54, 1.807) is 0 Å². The van der Waals surface area contributed by atoms with E-state index < -0.39 is 0 Å².